The van der Waals surface area contributed by atoms with Gasteiger partial charge in [0.05, 0.1) is 18.0 Å². The Morgan fingerprint density at radius 1 is 1.42 bits per heavy atom. The molecule has 1 aliphatic carbocycles. The van der Waals surface area contributed by atoms with E-state index in [9.17, 15) is 0 Å². The topological polar surface area (TPSA) is 40.8 Å². The van der Waals surface area contributed by atoms with Crippen molar-refractivity contribution in [3.63, 3.8) is 0 Å². The van der Waals surface area contributed by atoms with E-state index in [0.717, 1.165) is 19.4 Å². The lowest BCUT2D eigenvalue weighted by Crippen LogP contribution is -2.21. The van der Waals surface area contributed by atoms with Gasteiger partial charge in [-0.05, 0) is 25.0 Å². The lowest BCUT2D eigenvalue weighted by molar-refractivity contribution is 0.656. The third kappa shape index (κ3) is 1.28. The fourth-order valence-corrected chi connectivity index (χ4v) is 1.16. The maximum absolute atomic E-state index is 8.79. The minimum Gasteiger partial charge on any atom is -0.325 e. The van der Waals surface area contributed by atoms with Crippen LogP contribution in [0.1, 0.15) is 12.8 Å². The number of rotatable bonds is 3. The van der Waals surface area contributed by atoms with Crippen LogP contribution in [0.5, 0.6) is 0 Å². The molecule has 1 heterocycles. The zero-order valence-corrected chi connectivity index (χ0v) is 6.83. The van der Waals surface area contributed by atoms with Crippen molar-refractivity contribution in [3.05, 3.63) is 24.5 Å². The molecule has 1 aromatic heterocycles. The Bertz CT molecular complexity index is 290. The first-order valence-electron chi connectivity index (χ1n) is 4.13. The number of hydrogen-bond acceptors (Lipinski definition) is 2. The first kappa shape index (κ1) is 7.23. The highest BCUT2D eigenvalue weighted by molar-refractivity contribution is 5.13. The van der Waals surface area contributed by atoms with Crippen molar-refractivity contribution in [1.82, 2.24) is 4.68 Å². The van der Waals surface area contributed by atoms with Crippen molar-refractivity contribution in [2.75, 3.05) is 12.0 Å². The monoisotopic (exact) mass is 161 g/mol. The van der Waals surface area contributed by atoms with Crippen LogP contribution in [0.2, 0.25) is 0 Å². The molecule has 3 heteroatoms. The van der Waals surface area contributed by atoms with Crippen molar-refractivity contribution in [2.24, 2.45) is 5.41 Å². The molecule has 1 saturated carbocycles. The number of nitriles is 1. The van der Waals surface area contributed by atoms with Crippen LogP contribution < -0.4 is 5.43 Å². The van der Waals surface area contributed by atoms with Crippen molar-refractivity contribution < 1.29 is 0 Å². The lowest BCUT2D eigenvalue weighted by Gasteiger charge is -2.09. The summed E-state index contributed by atoms with van der Waals surface area (Å²) >= 11 is 0. The van der Waals surface area contributed by atoms with Gasteiger partial charge < -0.3 is 5.43 Å². The Morgan fingerprint density at radius 2 is 2.08 bits per heavy atom. The Balaban J connectivity index is 1.88. The summed E-state index contributed by atoms with van der Waals surface area (Å²) < 4.78 is 1.89. The zero-order chi connectivity index (χ0) is 8.44. The molecule has 0 atom stereocenters. The van der Waals surface area contributed by atoms with Crippen molar-refractivity contribution in [2.45, 2.75) is 12.8 Å². The van der Waals surface area contributed by atoms with Crippen LogP contribution in [-0.4, -0.2) is 11.2 Å². The predicted octanol–water partition coefficient (Wildman–Crippen LogP) is 1.34. The maximum Gasteiger partial charge on any atom is 0.0763 e. The van der Waals surface area contributed by atoms with E-state index in [1.165, 1.54) is 0 Å². The van der Waals surface area contributed by atoms with E-state index in [0.29, 0.717) is 0 Å². The Labute approximate surface area is 71.6 Å². The maximum atomic E-state index is 8.79. The number of aromatic nitrogens is 1. The van der Waals surface area contributed by atoms with Crippen LogP contribution in [0.15, 0.2) is 24.5 Å². The molecule has 1 aromatic rings. The quantitative estimate of drug-likeness (QED) is 0.726. The van der Waals surface area contributed by atoms with Crippen LogP contribution in [-0.2, 0) is 0 Å². The molecule has 3 nitrogen and oxygen atoms in total. The first-order valence-corrected chi connectivity index (χ1v) is 4.13. The Kier molecular flexibility index (Phi) is 1.54. The van der Waals surface area contributed by atoms with E-state index >= 15 is 0 Å². The molecular formula is C9H11N3. The predicted molar refractivity (Wildman–Crippen MR) is 45.9 cm³/mol. The third-order valence-electron chi connectivity index (χ3n) is 2.30. The molecule has 2 rings (SSSR count). The summed E-state index contributed by atoms with van der Waals surface area (Å²) in [5, 5.41) is 8.79. The standard InChI is InChI=1S/C9H11N3/c10-7-9(3-4-9)8-11-12-5-1-2-6-12/h1-2,5-6,11H,3-4,8H2. The van der Waals surface area contributed by atoms with E-state index in [4.69, 9.17) is 5.26 Å². The highest BCUT2D eigenvalue weighted by Gasteiger charge is 2.42. The van der Waals surface area contributed by atoms with Gasteiger partial charge in [-0.3, -0.25) is 4.68 Å². The van der Waals surface area contributed by atoms with Crippen LogP contribution in [0.25, 0.3) is 0 Å². The van der Waals surface area contributed by atoms with Crippen LogP contribution >= 0.6 is 0 Å². The second kappa shape index (κ2) is 2.56. The van der Waals surface area contributed by atoms with Crippen LogP contribution in [0, 0.1) is 16.7 Å². The molecule has 0 radical (unpaired) electrons. The van der Waals surface area contributed by atoms with E-state index < -0.39 is 0 Å². The largest absolute Gasteiger partial charge is 0.325 e. The van der Waals surface area contributed by atoms with Crippen LogP contribution in [0.3, 0.4) is 0 Å². The lowest BCUT2D eigenvalue weighted by atomic mass is 10.1. The minimum atomic E-state index is -0.0652. The van der Waals surface area contributed by atoms with Gasteiger partial charge in [0, 0.05) is 12.4 Å². The van der Waals surface area contributed by atoms with Gasteiger partial charge in [0.1, 0.15) is 0 Å². The summed E-state index contributed by atoms with van der Waals surface area (Å²) in [4.78, 5) is 0. The van der Waals surface area contributed by atoms with Gasteiger partial charge in [-0.15, -0.1) is 0 Å². The molecule has 0 amide bonds. The molecule has 1 aliphatic rings. The fraction of sp³-hybridized carbons (Fsp3) is 0.444. The van der Waals surface area contributed by atoms with Gasteiger partial charge in [0.2, 0.25) is 0 Å². The van der Waals surface area contributed by atoms with Gasteiger partial charge in [0.25, 0.3) is 0 Å². The van der Waals surface area contributed by atoms with E-state index in [1.54, 1.807) is 0 Å². The highest BCUT2D eigenvalue weighted by Crippen LogP contribution is 2.44. The number of nitrogens with one attached hydrogen (secondary N) is 1. The minimum absolute atomic E-state index is 0.0652. The van der Waals surface area contributed by atoms with Gasteiger partial charge in [0.15, 0.2) is 0 Å². The Hall–Kier alpha value is -1.43. The zero-order valence-electron chi connectivity index (χ0n) is 6.83. The molecule has 1 N–H and O–H groups in total. The van der Waals surface area contributed by atoms with E-state index in [1.807, 2.05) is 29.2 Å². The second-order valence-electron chi connectivity index (χ2n) is 3.32. The normalized spacial score (nSPS) is 18.2. The molecule has 1 fully saturated rings. The summed E-state index contributed by atoms with van der Waals surface area (Å²) in [6, 6.07) is 6.25. The number of nitrogens with zero attached hydrogens (tertiary/aromatic N) is 2. The Morgan fingerprint density at radius 3 is 2.58 bits per heavy atom. The summed E-state index contributed by atoms with van der Waals surface area (Å²) in [7, 11) is 0. The molecular weight excluding hydrogens is 150 g/mol. The van der Waals surface area contributed by atoms with Crippen molar-refractivity contribution in [1.29, 1.82) is 5.26 Å². The van der Waals surface area contributed by atoms with Gasteiger partial charge >= 0.3 is 0 Å². The smallest absolute Gasteiger partial charge is 0.0763 e. The highest BCUT2D eigenvalue weighted by atomic mass is 15.4. The average molecular weight is 161 g/mol. The fourth-order valence-electron chi connectivity index (χ4n) is 1.16. The van der Waals surface area contributed by atoms with Crippen molar-refractivity contribution >= 4 is 0 Å². The second-order valence-corrected chi connectivity index (χ2v) is 3.32. The molecule has 0 aliphatic heterocycles. The SMILES string of the molecule is N#CC1(CNn2cccc2)CC1. The summed E-state index contributed by atoms with van der Waals surface area (Å²) in [5.74, 6) is 0. The molecule has 0 bridgehead atoms. The molecule has 0 saturated heterocycles. The van der Waals surface area contributed by atoms with E-state index in [2.05, 4.69) is 11.5 Å². The molecule has 62 valence electrons. The van der Waals surface area contributed by atoms with E-state index in [-0.39, 0.29) is 5.41 Å². The first-order chi connectivity index (χ1) is 5.85. The molecule has 12 heavy (non-hydrogen) atoms. The van der Waals surface area contributed by atoms with Crippen molar-refractivity contribution in [3.8, 4) is 6.07 Å². The summed E-state index contributed by atoms with van der Waals surface area (Å²) in [6.07, 6.45) is 5.95. The molecule has 0 spiro atoms. The molecule has 0 aromatic carbocycles. The number of hydrogen-bond donors (Lipinski definition) is 1. The molecule has 0 unspecified atom stereocenters. The third-order valence-corrected chi connectivity index (χ3v) is 2.30. The summed E-state index contributed by atoms with van der Waals surface area (Å²) in [5.41, 5.74) is 3.11. The van der Waals surface area contributed by atoms with Gasteiger partial charge in [-0.2, -0.15) is 5.26 Å². The van der Waals surface area contributed by atoms with Gasteiger partial charge in [-0.1, -0.05) is 0 Å². The summed E-state index contributed by atoms with van der Waals surface area (Å²) in [6.45, 7) is 0.762. The van der Waals surface area contributed by atoms with Crippen LogP contribution in [0.4, 0.5) is 0 Å². The average Bonchev–Trinajstić information content (AvgIpc) is 2.70. The van der Waals surface area contributed by atoms with Gasteiger partial charge in [-0.25, -0.2) is 0 Å².